The Morgan fingerprint density at radius 2 is 0.333 bits per heavy atom. The third-order valence-electron chi connectivity index (χ3n) is 6.37. The van der Waals surface area contributed by atoms with Crippen molar-refractivity contribution < 1.29 is 19.5 Å². The van der Waals surface area contributed by atoms with Crippen LogP contribution < -0.4 is 31.8 Å². The van der Waals surface area contributed by atoms with E-state index in [-0.39, 0.29) is 19.5 Å². The third-order valence-corrected chi connectivity index (χ3v) is 11.8. The van der Waals surface area contributed by atoms with Crippen molar-refractivity contribution in [2.75, 3.05) is 0 Å². The minimum atomic E-state index is -0.877. The fraction of sp³-hybridized carbons (Fsp3) is 0. The maximum Gasteiger partial charge on any atom is 0.102 e. The van der Waals surface area contributed by atoms with Crippen molar-refractivity contribution >= 4 is 47.7 Å². The number of rotatable bonds is 6. The molecule has 0 saturated heterocycles. The van der Waals surface area contributed by atoms with Crippen LogP contribution in [0.15, 0.2) is 182 Å². The van der Waals surface area contributed by atoms with Crippen LogP contribution in [0.5, 0.6) is 0 Å². The van der Waals surface area contributed by atoms with E-state index in [1.54, 1.807) is 0 Å². The number of hydrogen-bond acceptors (Lipinski definition) is 0. The second kappa shape index (κ2) is 15.4. The Kier molecular flexibility index (Phi) is 11.4. The molecule has 6 aromatic carbocycles. The quantitative estimate of drug-likeness (QED) is 0.149. The average molecular weight is 630 g/mol. The Bertz CT molecular complexity index is 1170. The van der Waals surface area contributed by atoms with E-state index in [1.807, 2.05) is 0 Å². The second-order valence-corrected chi connectivity index (χ2v) is 13.9. The Hall–Kier alpha value is -3.20. The van der Waals surface area contributed by atoms with Gasteiger partial charge in [0.05, 0.1) is 15.8 Å². The summed E-state index contributed by atoms with van der Waals surface area (Å²) in [6.07, 6.45) is 0. The summed E-state index contributed by atoms with van der Waals surface area (Å²) < 4.78 is 0. The standard InChI is InChI=1S/2C18H15P.Rh/c2*1-4-10-16(11-5-1)19(17-12-6-2-7-13-17)18-14-8-3-9-15-18;/h2*1-15H;/p+2. The molecule has 0 spiro atoms. The summed E-state index contributed by atoms with van der Waals surface area (Å²) >= 11 is 0. The van der Waals surface area contributed by atoms with Gasteiger partial charge >= 0.3 is 0 Å². The summed E-state index contributed by atoms with van der Waals surface area (Å²) in [5, 5.41) is 8.61. The summed E-state index contributed by atoms with van der Waals surface area (Å²) in [6.45, 7) is 0. The van der Waals surface area contributed by atoms with Crippen LogP contribution in [0.1, 0.15) is 0 Å². The second-order valence-electron chi connectivity index (χ2n) is 8.95. The van der Waals surface area contributed by atoms with Crippen LogP contribution in [0, 0.1) is 0 Å². The molecule has 0 bridgehead atoms. The molecule has 0 unspecified atom stereocenters. The molecule has 193 valence electrons. The first-order valence-electron chi connectivity index (χ1n) is 13.0. The van der Waals surface area contributed by atoms with Gasteiger partial charge in [0, 0.05) is 19.5 Å². The first kappa shape index (κ1) is 28.8. The Labute approximate surface area is 248 Å². The van der Waals surface area contributed by atoms with E-state index in [0.717, 1.165) is 0 Å². The van der Waals surface area contributed by atoms with Gasteiger partial charge in [-0.3, -0.25) is 0 Å². The maximum atomic E-state index is 2.24. The van der Waals surface area contributed by atoms with Gasteiger partial charge in [0.25, 0.3) is 0 Å². The van der Waals surface area contributed by atoms with Gasteiger partial charge < -0.3 is 0 Å². The SMILES string of the molecule is [Rh].c1ccc([PH+](c2ccccc2)c2ccccc2)cc1.c1ccc([PH+](c2ccccc2)c2ccccc2)cc1. The molecular weight excluding hydrogens is 597 g/mol. The van der Waals surface area contributed by atoms with Gasteiger partial charge in [-0.15, -0.1) is 0 Å². The fourth-order valence-corrected chi connectivity index (χ4v) is 9.78. The van der Waals surface area contributed by atoms with Crippen LogP contribution in [0.2, 0.25) is 0 Å². The molecule has 0 saturated carbocycles. The van der Waals surface area contributed by atoms with Crippen LogP contribution in [-0.2, 0) is 19.5 Å². The van der Waals surface area contributed by atoms with Gasteiger partial charge in [0.15, 0.2) is 0 Å². The minimum Gasteiger partial charge on any atom is -0.0620 e. The molecule has 0 atom stereocenters. The van der Waals surface area contributed by atoms with Crippen molar-refractivity contribution in [1.82, 2.24) is 0 Å². The topological polar surface area (TPSA) is 0 Å². The molecule has 0 aliphatic rings. The molecule has 0 aromatic heterocycles. The van der Waals surface area contributed by atoms with Gasteiger partial charge in [-0.05, 0) is 72.8 Å². The molecule has 0 amide bonds. The van der Waals surface area contributed by atoms with E-state index in [2.05, 4.69) is 182 Å². The van der Waals surface area contributed by atoms with Crippen molar-refractivity contribution in [2.24, 2.45) is 0 Å². The zero-order valence-electron chi connectivity index (χ0n) is 21.7. The van der Waals surface area contributed by atoms with Gasteiger partial charge in [0.2, 0.25) is 0 Å². The Morgan fingerprint density at radius 1 is 0.205 bits per heavy atom. The zero-order chi connectivity index (χ0) is 25.8. The fourth-order valence-electron chi connectivity index (χ4n) is 4.63. The van der Waals surface area contributed by atoms with Crippen molar-refractivity contribution in [3.63, 3.8) is 0 Å². The van der Waals surface area contributed by atoms with E-state index in [0.29, 0.717) is 0 Å². The first-order chi connectivity index (χ1) is 18.9. The van der Waals surface area contributed by atoms with E-state index in [4.69, 9.17) is 0 Å². The normalized spacial score (nSPS) is 10.3. The zero-order valence-corrected chi connectivity index (χ0v) is 25.3. The molecule has 1 radical (unpaired) electrons. The van der Waals surface area contributed by atoms with E-state index in [1.165, 1.54) is 31.8 Å². The third kappa shape index (κ3) is 7.91. The summed E-state index contributed by atoms with van der Waals surface area (Å²) in [4.78, 5) is 0. The van der Waals surface area contributed by atoms with Crippen molar-refractivity contribution in [2.45, 2.75) is 0 Å². The summed E-state index contributed by atoms with van der Waals surface area (Å²) in [5.74, 6) is 0. The largest absolute Gasteiger partial charge is 0.102 e. The van der Waals surface area contributed by atoms with Crippen molar-refractivity contribution in [1.29, 1.82) is 0 Å². The smallest absolute Gasteiger partial charge is 0.0620 e. The van der Waals surface area contributed by atoms with E-state index < -0.39 is 15.8 Å². The molecule has 0 fully saturated rings. The molecule has 6 aromatic rings. The molecule has 0 nitrogen and oxygen atoms in total. The van der Waals surface area contributed by atoms with Crippen molar-refractivity contribution in [3.8, 4) is 0 Å². The van der Waals surface area contributed by atoms with Gasteiger partial charge in [-0.2, -0.15) is 0 Å². The van der Waals surface area contributed by atoms with Crippen LogP contribution in [0.4, 0.5) is 0 Å². The van der Waals surface area contributed by atoms with Crippen LogP contribution in [-0.4, -0.2) is 0 Å². The predicted octanol–water partition coefficient (Wildman–Crippen LogP) is 6.35. The van der Waals surface area contributed by atoms with E-state index >= 15 is 0 Å². The van der Waals surface area contributed by atoms with Gasteiger partial charge in [-0.1, -0.05) is 109 Å². The molecular formula is C36H32P2Rh+2. The van der Waals surface area contributed by atoms with Crippen LogP contribution in [0.25, 0.3) is 0 Å². The first-order valence-corrected chi connectivity index (χ1v) is 16.0. The Morgan fingerprint density at radius 3 is 0.462 bits per heavy atom. The van der Waals surface area contributed by atoms with Gasteiger partial charge in [0.1, 0.15) is 31.8 Å². The molecule has 0 heterocycles. The predicted molar refractivity (Wildman–Crippen MR) is 173 cm³/mol. The van der Waals surface area contributed by atoms with Crippen molar-refractivity contribution in [3.05, 3.63) is 182 Å². The summed E-state index contributed by atoms with van der Waals surface area (Å²) in [7, 11) is -1.75. The van der Waals surface area contributed by atoms with Crippen LogP contribution in [0.3, 0.4) is 0 Å². The molecule has 0 aliphatic carbocycles. The molecule has 6 rings (SSSR count). The number of benzene rings is 6. The monoisotopic (exact) mass is 629 g/mol. The molecule has 3 heteroatoms. The van der Waals surface area contributed by atoms with E-state index in [9.17, 15) is 0 Å². The molecule has 0 aliphatic heterocycles. The molecule has 39 heavy (non-hydrogen) atoms. The molecule has 0 N–H and O–H groups in total. The number of hydrogen-bond donors (Lipinski definition) is 0. The van der Waals surface area contributed by atoms with Crippen LogP contribution >= 0.6 is 15.8 Å². The van der Waals surface area contributed by atoms with Gasteiger partial charge in [-0.25, -0.2) is 0 Å². The average Bonchev–Trinajstić information content (AvgIpc) is 3.01. The summed E-state index contributed by atoms with van der Waals surface area (Å²) in [5.41, 5.74) is 0. The Balaban J connectivity index is 0.000000176. The maximum absolute atomic E-state index is 2.24. The summed E-state index contributed by atoms with van der Waals surface area (Å²) in [6, 6.07) is 65.0. The minimum absolute atomic E-state index is 0.